The van der Waals surface area contributed by atoms with Gasteiger partial charge in [0.05, 0.1) is 13.2 Å². The molecule has 1 saturated carbocycles. The highest BCUT2D eigenvalue weighted by molar-refractivity contribution is 5.77. The molecule has 1 aromatic carbocycles. The van der Waals surface area contributed by atoms with E-state index >= 15 is 0 Å². The van der Waals surface area contributed by atoms with Gasteiger partial charge in [-0.25, -0.2) is 9.97 Å². The summed E-state index contributed by atoms with van der Waals surface area (Å²) in [5, 5.41) is 3.78. The highest BCUT2D eigenvalue weighted by Gasteiger charge is 2.20. The Morgan fingerprint density at radius 2 is 1.90 bits per heavy atom. The Balaban J connectivity index is 1.75. The fraction of sp³-hybridized carbons (Fsp3) is 0.478. The Bertz CT molecular complexity index is 959. The van der Waals surface area contributed by atoms with E-state index in [1.54, 1.807) is 13.3 Å². The van der Waals surface area contributed by atoms with Gasteiger partial charge in [-0.1, -0.05) is 25.7 Å². The topological polar surface area (TPSA) is 60.7 Å². The molecular weight excluding hydrogens is 364 g/mol. The van der Waals surface area contributed by atoms with E-state index in [0.29, 0.717) is 17.6 Å². The summed E-state index contributed by atoms with van der Waals surface area (Å²) < 4.78 is 13.5. The first-order valence-electron chi connectivity index (χ1n) is 10.6. The van der Waals surface area contributed by atoms with Crippen molar-refractivity contribution in [3.8, 4) is 22.8 Å². The number of imidazole rings is 1. The van der Waals surface area contributed by atoms with Gasteiger partial charge in [-0.15, -0.1) is 0 Å². The number of fused-ring (bicyclic) bond motifs is 1. The van der Waals surface area contributed by atoms with Crippen LogP contribution in [0, 0.1) is 0 Å². The number of aromatic nitrogens is 3. The molecule has 0 unspecified atom stereocenters. The number of benzene rings is 1. The van der Waals surface area contributed by atoms with Crippen LogP contribution in [0.4, 0.5) is 5.82 Å². The Labute approximate surface area is 172 Å². The van der Waals surface area contributed by atoms with E-state index < -0.39 is 0 Å². The lowest BCUT2D eigenvalue weighted by molar-refractivity contribution is 0.230. The smallest absolute Gasteiger partial charge is 0.235 e. The van der Waals surface area contributed by atoms with E-state index in [2.05, 4.69) is 10.3 Å². The van der Waals surface area contributed by atoms with Crippen LogP contribution in [0.5, 0.6) is 11.5 Å². The molecule has 0 spiro atoms. The van der Waals surface area contributed by atoms with Crippen molar-refractivity contribution in [3.05, 3.63) is 36.7 Å². The van der Waals surface area contributed by atoms with Gasteiger partial charge in [0.15, 0.2) is 11.5 Å². The highest BCUT2D eigenvalue weighted by Crippen LogP contribution is 2.36. The van der Waals surface area contributed by atoms with Crippen LogP contribution in [0.25, 0.3) is 17.0 Å². The molecule has 29 heavy (non-hydrogen) atoms. The van der Waals surface area contributed by atoms with E-state index in [1.807, 2.05) is 48.7 Å². The first-order valence-corrected chi connectivity index (χ1v) is 10.6. The number of hydrogen-bond donors (Lipinski definition) is 1. The summed E-state index contributed by atoms with van der Waals surface area (Å²) in [6, 6.07) is 8.40. The lowest BCUT2D eigenvalue weighted by atomic mass is 10.1. The zero-order chi connectivity index (χ0) is 20.2. The van der Waals surface area contributed by atoms with Crippen molar-refractivity contribution < 1.29 is 9.47 Å². The SMILES string of the molecule is COc1cc(-c2nc3ncccn3c2NC2CCCCCC2)ccc1OC(C)C. The van der Waals surface area contributed by atoms with Crippen molar-refractivity contribution in [3.63, 3.8) is 0 Å². The molecular formula is C23H30N4O2. The number of rotatable bonds is 6. The van der Waals surface area contributed by atoms with Gasteiger partial charge in [0.1, 0.15) is 11.5 Å². The predicted octanol–water partition coefficient (Wildman–Crippen LogP) is 5.33. The van der Waals surface area contributed by atoms with E-state index in [-0.39, 0.29) is 6.10 Å². The summed E-state index contributed by atoms with van der Waals surface area (Å²) in [6.07, 6.45) is 11.5. The van der Waals surface area contributed by atoms with Crippen molar-refractivity contribution in [2.75, 3.05) is 12.4 Å². The third kappa shape index (κ3) is 4.31. The molecule has 0 amide bonds. The van der Waals surface area contributed by atoms with Crippen molar-refractivity contribution in [2.24, 2.45) is 0 Å². The molecule has 0 saturated heterocycles. The minimum Gasteiger partial charge on any atom is -0.493 e. The number of methoxy groups -OCH3 is 1. The Morgan fingerprint density at radius 3 is 2.62 bits per heavy atom. The molecule has 2 heterocycles. The standard InChI is InChI=1S/C23H30N4O2/c1-16(2)29-19-12-11-17(15-20(19)28-3)21-22(25-18-9-6-4-5-7-10-18)27-14-8-13-24-23(27)26-21/h8,11-16,18,25H,4-7,9-10H2,1-3H3. The number of anilines is 1. The van der Waals surface area contributed by atoms with Crippen molar-refractivity contribution in [2.45, 2.75) is 64.5 Å². The molecule has 6 nitrogen and oxygen atoms in total. The molecule has 1 aliphatic carbocycles. The number of nitrogens with zero attached hydrogens (tertiary/aromatic N) is 3. The highest BCUT2D eigenvalue weighted by atomic mass is 16.5. The van der Waals surface area contributed by atoms with Crippen LogP contribution in [0.1, 0.15) is 52.4 Å². The lowest BCUT2D eigenvalue weighted by Crippen LogP contribution is -2.19. The largest absolute Gasteiger partial charge is 0.493 e. The zero-order valence-corrected chi connectivity index (χ0v) is 17.5. The molecule has 1 fully saturated rings. The maximum absolute atomic E-state index is 5.87. The summed E-state index contributed by atoms with van der Waals surface area (Å²) in [6.45, 7) is 4.02. The van der Waals surface area contributed by atoms with E-state index in [1.165, 1.54) is 38.5 Å². The molecule has 3 aromatic rings. The number of ether oxygens (including phenoxy) is 2. The molecule has 2 aromatic heterocycles. The molecule has 0 aliphatic heterocycles. The Hall–Kier alpha value is -2.76. The van der Waals surface area contributed by atoms with Crippen LogP contribution < -0.4 is 14.8 Å². The second-order valence-corrected chi connectivity index (χ2v) is 7.96. The first-order chi connectivity index (χ1) is 14.2. The maximum Gasteiger partial charge on any atom is 0.235 e. The zero-order valence-electron chi connectivity index (χ0n) is 17.5. The van der Waals surface area contributed by atoms with Gasteiger partial charge in [-0.05, 0) is 51.0 Å². The average Bonchev–Trinajstić information content (AvgIpc) is 2.88. The number of nitrogens with one attached hydrogen (secondary N) is 1. The fourth-order valence-electron chi connectivity index (χ4n) is 4.01. The van der Waals surface area contributed by atoms with E-state index in [9.17, 15) is 0 Å². The molecule has 154 valence electrons. The van der Waals surface area contributed by atoms with Crippen LogP contribution in [-0.4, -0.2) is 33.6 Å². The lowest BCUT2D eigenvalue weighted by Gasteiger charge is -2.19. The quantitative estimate of drug-likeness (QED) is 0.573. The molecule has 0 radical (unpaired) electrons. The number of hydrogen-bond acceptors (Lipinski definition) is 5. The second-order valence-electron chi connectivity index (χ2n) is 7.96. The summed E-state index contributed by atoms with van der Waals surface area (Å²) in [7, 11) is 1.67. The summed E-state index contributed by atoms with van der Waals surface area (Å²) in [4.78, 5) is 9.29. The fourth-order valence-corrected chi connectivity index (χ4v) is 4.01. The van der Waals surface area contributed by atoms with Gasteiger partial charge in [-0.2, -0.15) is 0 Å². The van der Waals surface area contributed by atoms with Crippen LogP contribution in [-0.2, 0) is 0 Å². The van der Waals surface area contributed by atoms with Crippen LogP contribution >= 0.6 is 0 Å². The predicted molar refractivity (Wildman–Crippen MR) is 116 cm³/mol. The van der Waals surface area contributed by atoms with E-state index in [4.69, 9.17) is 14.5 Å². The van der Waals surface area contributed by atoms with Crippen molar-refractivity contribution in [1.82, 2.24) is 14.4 Å². The molecule has 0 bridgehead atoms. The van der Waals surface area contributed by atoms with Crippen LogP contribution in [0.15, 0.2) is 36.7 Å². The van der Waals surface area contributed by atoms with Gasteiger partial charge in [-0.3, -0.25) is 4.40 Å². The van der Waals surface area contributed by atoms with E-state index in [0.717, 1.165) is 22.8 Å². The van der Waals surface area contributed by atoms with Crippen molar-refractivity contribution >= 4 is 11.6 Å². The van der Waals surface area contributed by atoms with Crippen LogP contribution in [0.2, 0.25) is 0 Å². The maximum atomic E-state index is 5.87. The van der Waals surface area contributed by atoms with Gasteiger partial charge in [0, 0.05) is 24.0 Å². The van der Waals surface area contributed by atoms with Gasteiger partial charge in [0.2, 0.25) is 5.78 Å². The minimum absolute atomic E-state index is 0.0848. The molecule has 4 rings (SSSR count). The average molecular weight is 395 g/mol. The normalized spacial score (nSPS) is 15.4. The molecule has 1 N–H and O–H groups in total. The third-order valence-corrected chi connectivity index (χ3v) is 5.40. The summed E-state index contributed by atoms with van der Waals surface area (Å²) >= 11 is 0. The summed E-state index contributed by atoms with van der Waals surface area (Å²) in [5.74, 6) is 3.15. The first kappa shape index (κ1) is 19.6. The van der Waals surface area contributed by atoms with Gasteiger partial charge >= 0.3 is 0 Å². The Morgan fingerprint density at radius 1 is 1.10 bits per heavy atom. The third-order valence-electron chi connectivity index (χ3n) is 5.40. The second kappa shape index (κ2) is 8.72. The molecule has 0 atom stereocenters. The minimum atomic E-state index is 0.0848. The van der Waals surface area contributed by atoms with Crippen LogP contribution in [0.3, 0.4) is 0 Å². The summed E-state index contributed by atoms with van der Waals surface area (Å²) in [5.41, 5.74) is 1.88. The van der Waals surface area contributed by atoms with Gasteiger partial charge < -0.3 is 14.8 Å². The Kier molecular flexibility index (Phi) is 5.88. The van der Waals surface area contributed by atoms with Crippen molar-refractivity contribution in [1.29, 1.82) is 0 Å². The molecule has 6 heteroatoms. The van der Waals surface area contributed by atoms with Gasteiger partial charge in [0.25, 0.3) is 0 Å². The molecule has 1 aliphatic rings. The monoisotopic (exact) mass is 394 g/mol.